The number of rotatable bonds is 7. The number of aliphatic hydroxyl groups is 2. The smallest absolute Gasteiger partial charge is 0.303 e. The summed E-state index contributed by atoms with van der Waals surface area (Å²) in [6.07, 6.45) is -7.24. The van der Waals surface area contributed by atoms with Crippen molar-refractivity contribution < 1.29 is 47.9 Å². The second-order valence-corrected chi connectivity index (χ2v) is 7.82. The molecule has 0 bridgehead atoms. The predicted octanol–water partition coefficient (Wildman–Crippen LogP) is 1.63. The molecule has 188 valence electrons. The molecular formula is C24H26FNO9. The van der Waals surface area contributed by atoms with E-state index in [1.165, 1.54) is 49.5 Å². The molecule has 2 aromatic carbocycles. The molecule has 1 aliphatic rings. The number of hydrogen-bond donors (Lipinski definition) is 3. The second kappa shape index (κ2) is 11.3. The van der Waals surface area contributed by atoms with Gasteiger partial charge >= 0.3 is 11.9 Å². The maximum atomic E-state index is 15.4. The van der Waals surface area contributed by atoms with Crippen molar-refractivity contribution in [3.63, 3.8) is 0 Å². The van der Waals surface area contributed by atoms with Crippen molar-refractivity contribution in [1.82, 2.24) is 5.32 Å². The van der Waals surface area contributed by atoms with Gasteiger partial charge in [0, 0.05) is 32.0 Å². The summed E-state index contributed by atoms with van der Waals surface area (Å²) >= 11 is 0. The van der Waals surface area contributed by atoms with E-state index in [-0.39, 0.29) is 23.0 Å². The third-order valence-electron chi connectivity index (χ3n) is 5.31. The molecule has 11 heteroatoms. The lowest BCUT2D eigenvalue weighted by Gasteiger charge is -2.42. The molecule has 3 rings (SSSR count). The lowest BCUT2D eigenvalue weighted by atomic mass is 9.90. The highest BCUT2D eigenvalue weighted by molar-refractivity contribution is 5.94. The Bertz CT molecular complexity index is 1080. The van der Waals surface area contributed by atoms with Gasteiger partial charge in [-0.1, -0.05) is 12.1 Å². The van der Waals surface area contributed by atoms with Crippen LogP contribution in [0, 0.1) is 5.82 Å². The van der Waals surface area contributed by atoms with Crippen molar-refractivity contribution in [3.8, 4) is 11.5 Å². The Morgan fingerprint density at radius 1 is 1.03 bits per heavy atom. The minimum Gasteiger partial charge on any atom is -0.463 e. The van der Waals surface area contributed by atoms with Crippen LogP contribution in [-0.4, -0.2) is 66.1 Å². The van der Waals surface area contributed by atoms with Gasteiger partial charge in [0.2, 0.25) is 0 Å². The first-order valence-electron chi connectivity index (χ1n) is 10.7. The fourth-order valence-electron chi connectivity index (χ4n) is 3.64. The quantitative estimate of drug-likeness (QED) is 0.493. The van der Waals surface area contributed by atoms with Gasteiger partial charge in [-0.2, -0.15) is 0 Å². The number of benzene rings is 2. The Kier molecular flexibility index (Phi) is 8.39. The molecule has 3 N–H and O–H groups in total. The predicted molar refractivity (Wildman–Crippen MR) is 118 cm³/mol. The van der Waals surface area contributed by atoms with Crippen LogP contribution in [0.25, 0.3) is 0 Å². The van der Waals surface area contributed by atoms with Gasteiger partial charge in [-0.3, -0.25) is 14.4 Å². The number of nitrogens with one attached hydrogen (secondary N) is 1. The summed E-state index contributed by atoms with van der Waals surface area (Å²) in [5.41, 5.74) is 0.257. The first kappa shape index (κ1) is 26.1. The van der Waals surface area contributed by atoms with Crippen LogP contribution in [0.3, 0.4) is 0 Å². The van der Waals surface area contributed by atoms with Gasteiger partial charge in [-0.25, -0.2) is 4.39 Å². The Hall–Kier alpha value is -3.54. The van der Waals surface area contributed by atoms with E-state index in [2.05, 4.69) is 5.32 Å². The van der Waals surface area contributed by atoms with Gasteiger partial charge in [-0.05, 0) is 30.3 Å². The van der Waals surface area contributed by atoms with Gasteiger partial charge < -0.3 is 34.5 Å². The van der Waals surface area contributed by atoms with E-state index in [1.807, 2.05) is 0 Å². The summed E-state index contributed by atoms with van der Waals surface area (Å²) in [6, 6.07) is 10.2. The Morgan fingerprint density at radius 3 is 2.31 bits per heavy atom. The monoisotopic (exact) mass is 491 g/mol. The van der Waals surface area contributed by atoms with Gasteiger partial charge in [-0.15, -0.1) is 0 Å². The molecule has 0 spiro atoms. The van der Waals surface area contributed by atoms with Crippen molar-refractivity contribution in [3.05, 3.63) is 59.4 Å². The molecule has 2 aromatic rings. The topological polar surface area (TPSA) is 141 Å². The maximum absolute atomic E-state index is 15.4. The summed E-state index contributed by atoms with van der Waals surface area (Å²) in [7, 11) is 1.50. The van der Waals surface area contributed by atoms with E-state index in [4.69, 9.17) is 18.9 Å². The molecule has 1 fully saturated rings. The zero-order chi connectivity index (χ0) is 25.7. The minimum absolute atomic E-state index is 0.134. The zero-order valence-corrected chi connectivity index (χ0v) is 19.3. The van der Waals surface area contributed by atoms with E-state index in [0.29, 0.717) is 5.56 Å². The third-order valence-corrected chi connectivity index (χ3v) is 5.31. The Morgan fingerprint density at radius 2 is 1.71 bits per heavy atom. The number of esters is 2. The van der Waals surface area contributed by atoms with E-state index in [1.54, 1.807) is 0 Å². The van der Waals surface area contributed by atoms with Crippen molar-refractivity contribution in [2.24, 2.45) is 0 Å². The molecule has 0 aromatic heterocycles. The SMILES string of the molecule is CNC(=O)c1ccc(Oc2cccc([C@H]3O[C@H](COC(C)=O)[C@H](OC(C)=O)[C@H](O)[C@@H]3O)c2F)cc1. The standard InChI is InChI=1S/C24H26FNO9/c1-12(27)32-11-18-23(33-13(2)28)21(30)20(29)22(35-18)16-5-4-6-17(19(16)25)34-15-9-7-14(8-10-15)24(31)26-3/h4-10,18,20-23,29-30H,11H2,1-3H3,(H,26,31)/t18-,20+,21-,22-,23+/m1/s1. The molecule has 35 heavy (non-hydrogen) atoms. The zero-order valence-electron chi connectivity index (χ0n) is 19.3. The highest BCUT2D eigenvalue weighted by atomic mass is 19.1. The van der Waals surface area contributed by atoms with E-state index < -0.39 is 54.9 Å². The van der Waals surface area contributed by atoms with Crippen molar-refractivity contribution in [1.29, 1.82) is 0 Å². The van der Waals surface area contributed by atoms with Gasteiger partial charge in [0.25, 0.3) is 5.91 Å². The highest BCUT2D eigenvalue weighted by Gasteiger charge is 2.48. The number of hydrogen-bond acceptors (Lipinski definition) is 9. The molecule has 1 aliphatic heterocycles. The molecular weight excluding hydrogens is 465 g/mol. The summed E-state index contributed by atoms with van der Waals surface area (Å²) in [4.78, 5) is 34.4. The van der Waals surface area contributed by atoms with Gasteiger partial charge in [0.15, 0.2) is 17.7 Å². The van der Waals surface area contributed by atoms with Crippen LogP contribution >= 0.6 is 0 Å². The van der Waals surface area contributed by atoms with E-state index in [9.17, 15) is 24.6 Å². The molecule has 1 heterocycles. The largest absolute Gasteiger partial charge is 0.463 e. The first-order valence-corrected chi connectivity index (χ1v) is 10.7. The fourth-order valence-corrected chi connectivity index (χ4v) is 3.64. The molecule has 5 atom stereocenters. The van der Waals surface area contributed by atoms with Crippen LogP contribution in [0.5, 0.6) is 11.5 Å². The average molecular weight is 491 g/mol. The highest BCUT2D eigenvalue weighted by Crippen LogP contribution is 2.38. The minimum atomic E-state index is -1.68. The lowest BCUT2D eigenvalue weighted by Crippen LogP contribution is -2.57. The number of carbonyl (C=O) groups is 3. The molecule has 0 radical (unpaired) electrons. The normalized spacial score (nSPS) is 23.8. The van der Waals surface area contributed by atoms with Crippen molar-refractivity contribution >= 4 is 17.8 Å². The summed E-state index contributed by atoms with van der Waals surface area (Å²) in [6.45, 7) is 1.87. The van der Waals surface area contributed by atoms with Gasteiger partial charge in [0.05, 0.1) is 0 Å². The molecule has 1 amide bonds. The van der Waals surface area contributed by atoms with Crippen molar-refractivity contribution in [2.45, 2.75) is 44.4 Å². The van der Waals surface area contributed by atoms with Crippen LogP contribution in [0.1, 0.15) is 35.9 Å². The molecule has 0 saturated carbocycles. The van der Waals surface area contributed by atoms with E-state index in [0.717, 1.165) is 13.8 Å². The lowest BCUT2D eigenvalue weighted by molar-refractivity contribution is -0.243. The summed E-state index contributed by atoms with van der Waals surface area (Å²) < 4.78 is 36.8. The molecule has 1 saturated heterocycles. The maximum Gasteiger partial charge on any atom is 0.303 e. The van der Waals surface area contributed by atoms with Crippen LogP contribution in [0.2, 0.25) is 0 Å². The Labute approximate surface area is 200 Å². The molecule has 0 aliphatic carbocycles. The number of amides is 1. The average Bonchev–Trinajstić information content (AvgIpc) is 2.83. The van der Waals surface area contributed by atoms with Crippen LogP contribution in [-0.2, 0) is 23.8 Å². The molecule has 10 nitrogen and oxygen atoms in total. The summed E-state index contributed by atoms with van der Waals surface area (Å²) in [5, 5.41) is 23.8. The number of aliphatic hydroxyl groups excluding tert-OH is 2. The number of ether oxygens (including phenoxy) is 4. The number of carbonyl (C=O) groups excluding carboxylic acids is 3. The summed E-state index contributed by atoms with van der Waals surface area (Å²) in [5.74, 6) is -2.49. The van der Waals surface area contributed by atoms with Crippen LogP contribution < -0.4 is 10.1 Å². The first-order chi connectivity index (χ1) is 16.6. The fraction of sp³-hybridized carbons (Fsp3) is 0.375. The van der Waals surface area contributed by atoms with E-state index >= 15 is 4.39 Å². The van der Waals surface area contributed by atoms with Crippen LogP contribution in [0.15, 0.2) is 42.5 Å². The second-order valence-electron chi connectivity index (χ2n) is 7.82. The third kappa shape index (κ3) is 6.13. The van der Waals surface area contributed by atoms with Gasteiger partial charge in [0.1, 0.15) is 36.8 Å². The molecule has 0 unspecified atom stereocenters. The Balaban J connectivity index is 1.86. The van der Waals surface area contributed by atoms with Crippen LogP contribution in [0.4, 0.5) is 4.39 Å². The van der Waals surface area contributed by atoms with Crippen molar-refractivity contribution in [2.75, 3.05) is 13.7 Å². The number of halogens is 1.